The molecule has 0 spiro atoms. The fourth-order valence-corrected chi connectivity index (χ4v) is 2.38. The normalized spacial score (nSPS) is 11.1. The van der Waals surface area contributed by atoms with Crippen LogP contribution in [0.1, 0.15) is 11.1 Å². The second kappa shape index (κ2) is 7.25. The van der Waals surface area contributed by atoms with Gasteiger partial charge < -0.3 is 9.47 Å². The van der Waals surface area contributed by atoms with E-state index in [1.54, 1.807) is 0 Å². The van der Waals surface area contributed by atoms with Crippen LogP contribution in [0.3, 0.4) is 0 Å². The van der Waals surface area contributed by atoms with E-state index in [-0.39, 0.29) is 12.5 Å². The Kier molecular flexibility index (Phi) is 5.37. The predicted molar refractivity (Wildman–Crippen MR) is 82.4 cm³/mol. The van der Waals surface area contributed by atoms with Crippen molar-refractivity contribution in [3.8, 4) is 0 Å². The Morgan fingerprint density at radius 3 is 1.86 bits per heavy atom. The lowest BCUT2D eigenvalue weighted by Crippen LogP contribution is -2.40. The molecule has 0 unspecified atom stereocenters. The van der Waals surface area contributed by atoms with Gasteiger partial charge in [0.15, 0.2) is 0 Å². The van der Waals surface area contributed by atoms with E-state index in [4.69, 9.17) is 21.1 Å². The van der Waals surface area contributed by atoms with Crippen LogP contribution in [0.2, 0.25) is 0 Å². The first-order valence-electron chi connectivity index (χ1n) is 6.65. The first-order valence-corrected chi connectivity index (χ1v) is 7.18. The Morgan fingerprint density at radius 1 is 1.00 bits per heavy atom. The van der Waals surface area contributed by atoms with Crippen LogP contribution in [0.5, 0.6) is 0 Å². The van der Waals surface area contributed by atoms with E-state index >= 15 is 0 Å². The lowest BCUT2D eigenvalue weighted by molar-refractivity contribution is -0.164. The highest BCUT2D eigenvalue weighted by atomic mass is 35.5. The van der Waals surface area contributed by atoms with Gasteiger partial charge in [0.25, 0.3) is 0 Å². The summed E-state index contributed by atoms with van der Waals surface area (Å²) in [5.74, 6) is -0.224. The smallest absolute Gasteiger partial charge is 0.347 e. The number of methoxy groups -OCH3 is 1. The van der Waals surface area contributed by atoms with Gasteiger partial charge in [-0.2, -0.15) is 0 Å². The van der Waals surface area contributed by atoms with Gasteiger partial charge in [0.2, 0.25) is 5.60 Å². The molecule has 0 saturated heterocycles. The Labute approximate surface area is 129 Å². The average Bonchev–Trinajstić information content (AvgIpc) is 2.56. The molecule has 21 heavy (non-hydrogen) atoms. The van der Waals surface area contributed by atoms with Crippen molar-refractivity contribution in [2.24, 2.45) is 0 Å². The maximum atomic E-state index is 12.7. The number of hydrogen-bond acceptors (Lipinski definition) is 3. The van der Waals surface area contributed by atoms with Crippen LogP contribution in [-0.2, 0) is 19.9 Å². The van der Waals surface area contributed by atoms with E-state index in [9.17, 15) is 4.79 Å². The molecular weight excluding hydrogens is 288 g/mol. The summed E-state index contributed by atoms with van der Waals surface area (Å²) in [5.41, 5.74) is 0.158. The number of carbonyl (C=O) groups excluding carboxylic acids is 1. The summed E-state index contributed by atoms with van der Waals surface area (Å²) in [6.07, 6.45) is 0. The molecule has 0 N–H and O–H groups in total. The molecule has 0 saturated carbocycles. The number of ether oxygens (including phenoxy) is 2. The maximum absolute atomic E-state index is 12.7. The van der Waals surface area contributed by atoms with Gasteiger partial charge in [-0.05, 0) is 11.1 Å². The van der Waals surface area contributed by atoms with Crippen molar-refractivity contribution in [3.05, 3.63) is 71.8 Å². The van der Waals surface area contributed by atoms with Crippen LogP contribution >= 0.6 is 11.6 Å². The molecule has 0 aliphatic rings. The molecule has 0 amide bonds. The van der Waals surface area contributed by atoms with Crippen LogP contribution in [-0.4, -0.2) is 25.6 Å². The topological polar surface area (TPSA) is 35.5 Å². The van der Waals surface area contributed by atoms with Crippen molar-refractivity contribution >= 4 is 17.6 Å². The lowest BCUT2D eigenvalue weighted by Gasteiger charge is -2.31. The van der Waals surface area contributed by atoms with Crippen LogP contribution in [0.25, 0.3) is 0 Å². The van der Waals surface area contributed by atoms with Gasteiger partial charge in [0.1, 0.15) is 6.61 Å². The van der Waals surface area contributed by atoms with Gasteiger partial charge in [0.05, 0.1) is 5.88 Å². The Balaban J connectivity index is 2.54. The number of carbonyl (C=O) groups is 1. The molecule has 0 radical (unpaired) electrons. The highest BCUT2D eigenvalue weighted by molar-refractivity contribution is 6.18. The van der Waals surface area contributed by atoms with Gasteiger partial charge in [0, 0.05) is 7.11 Å². The first-order chi connectivity index (χ1) is 10.3. The molecule has 110 valence electrons. The zero-order valence-electron chi connectivity index (χ0n) is 11.8. The summed E-state index contributed by atoms with van der Waals surface area (Å²) in [7, 11) is 1.50. The van der Waals surface area contributed by atoms with E-state index in [0.717, 1.165) is 11.1 Å². The molecule has 0 aromatic heterocycles. The fourth-order valence-electron chi connectivity index (χ4n) is 2.30. The SMILES string of the molecule is COC(C(=O)OCCCl)(c1ccccc1)c1ccccc1. The zero-order valence-corrected chi connectivity index (χ0v) is 12.5. The third-order valence-corrected chi connectivity index (χ3v) is 3.42. The molecule has 0 atom stereocenters. The monoisotopic (exact) mass is 304 g/mol. The van der Waals surface area contributed by atoms with Crippen LogP contribution in [0.15, 0.2) is 60.7 Å². The fraction of sp³-hybridized carbons (Fsp3) is 0.235. The molecule has 2 aromatic rings. The summed E-state index contributed by atoms with van der Waals surface area (Å²) >= 11 is 5.61. The minimum atomic E-state index is -1.28. The molecule has 0 heterocycles. The van der Waals surface area contributed by atoms with Gasteiger partial charge in [-0.1, -0.05) is 60.7 Å². The molecular formula is C17H17ClO3. The minimum Gasteiger partial charge on any atom is -0.462 e. The van der Waals surface area contributed by atoms with Crippen molar-refractivity contribution in [1.29, 1.82) is 0 Å². The summed E-state index contributed by atoms with van der Waals surface area (Å²) in [5, 5.41) is 0. The van der Waals surface area contributed by atoms with Crippen LogP contribution < -0.4 is 0 Å². The standard InChI is InChI=1S/C17H17ClO3/c1-20-17(16(19)21-13-12-18,14-8-4-2-5-9-14)15-10-6-3-7-11-15/h2-11H,12-13H2,1H3. The van der Waals surface area contributed by atoms with E-state index < -0.39 is 11.6 Å². The molecule has 2 aromatic carbocycles. The van der Waals surface area contributed by atoms with E-state index in [0.29, 0.717) is 0 Å². The Morgan fingerprint density at radius 2 is 1.48 bits per heavy atom. The van der Waals surface area contributed by atoms with E-state index in [2.05, 4.69) is 0 Å². The van der Waals surface area contributed by atoms with E-state index in [1.807, 2.05) is 60.7 Å². The van der Waals surface area contributed by atoms with Gasteiger partial charge in [-0.25, -0.2) is 4.79 Å². The lowest BCUT2D eigenvalue weighted by atomic mass is 9.86. The predicted octanol–water partition coefficient (Wildman–Crippen LogP) is 3.36. The second-order valence-electron chi connectivity index (χ2n) is 4.44. The number of alkyl halides is 1. The third-order valence-electron chi connectivity index (χ3n) is 3.26. The average molecular weight is 305 g/mol. The summed E-state index contributed by atoms with van der Waals surface area (Å²) in [4.78, 5) is 12.7. The summed E-state index contributed by atoms with van der Waals surface area (Å²) in [6, 6.07) is 18.6. The molecule has 0 aliphatic carbocycles. The van der Waals surface area contributed by atoms with Crippen LogP contribution in [0, 0.1) is 0 Å². The minimum absolute atomic E-state index is 0.144. The Hall–Kier alpha value is -1.84. The quantitative estimate of drug-likeness (QED) is 0.606. The molecule has 4 heteroatoms. The third kappa shape index (κ3) is 3.09. The number of benzene rings is 2. The Bertz CT molecular complexity index is 530. The van der Waals surface area contributed by atoms with Crippen molar-refractivity contribution in [3.63, 3.8) is 0 Å². The highest BCUT2D eigenvalue weighted by Gasteiger charge is 2.44. The van der Waals surface area contributed by atoms with E-state index in [1.165, 1.54) is 7.11 Å². The van der Waals surface area contributed by atoms with Crippen molar-refractivity contribution in [2.45, 2.75) is 5.60 Å². The molecule has 0 fully saturated rings. The van der Waals surface area contributed by atoms with Gasteiger partial charge in [-0.3, -0.25) is 0 Å². The number of rotatable bonds is 6. The molecule has 0 bridgehead atoms. The number of esters is 1. The largest absolute Gasteiger partial charge is 0.462 e. The molecule has 3 nitrogen and oxygen atoms in total. The van der Waals surface area contributed by atoms with Gasteiger partial charge in [-0.15, -0.1) is 11.6 Å². The summed E-state index contributed by atoms with van der Waals surface area (Å²) < 4.78 is 10.9. The van der Waals surface area contributed by atoms with Gasteiger partial charge >= 0.3 is 5.97 Å². The summed E-state index contributed by atoms with van der Waals surface area (Å²) in [6.45, 7) is 0.144. The second-order valence-corrected chi connectivity index (χ2v) is 4.82. The maximum Gasteiger partial charge on any atom is 0.347 e. The highest BCUT2D eigenvalue weighted by Crippen LogP contribution is 2.34. The van der Waals surface area contributed by atoms with Crippen molar-refractivity contribution in [2.75, 3.05) is 19.6 Å². The van der Waals surface area contributed by atoms with Crippen molar-refractivity contribution in [1.82, 2.24) is 0 Å². The van der Waals surface area contributed by atoms with Crippen molar-refractivity contribution < 1.29 is 14.3 Å². The molecule has 0 aliphatic heterocycles. The first kappa shape index (κ1) is 15.5. The molecule has 2 rings (SSSR count). The number of halogens is 1. The van der Waals surface area contributed by atoms with Crippen LogP contribution in [0.4, 0.5) is 0 Å². The zero-order chi connectivity index (χ0) is 15.1. The number of hydrogen-bond donors (Lipinski definition) is 0.